The van der Waals surface area contributed by atoms with Crippen molar-refractivity contribution < 1.29 is 36.9 Å². The molecule has 1 amide bonds. The number of anilines is 2. The van der Waals surface area contributed by atoms with Crippen LogP contribution in [0.2, 0.25) is 0 Å². The molecule has 1 saturated carbocycles. The predicted molar refractivity (Wildman–Crippen MR) is 152 cm³/mol. The Morgan fingerprint density at radius 2 is 1.43 bits per heavy atom. The van der Waals surface area contributed by atoms with Crippen LogP contribution in [0.3, 0.4) is 0 Å². The fraction of sp³-hybridized carbons (Fsp3) is 0.345. The number of nitrogens with one attached hydrogen (secondary N) is 1. The number of hydrogen-bond donors (Lipinski definition) is 1. The summed E-state index contributed by atoms with van der Waals surface area (Å²) in [4.78, 5) is 13.1. The third-order valence-corrected chi connectivity index (χ3v) is 8.38. The number of carbonyl (C=O) groups excluding carboxylic acids is 1. The summed E-state index contributed by atoms with van der Waals surface area (Å²) in [5, 5.41) is 2.78. The van der Waals surface area contributed by atoms with Crippen molar-refractivity contribution in [1.29, 1.82) is 0 Å². The molecule has 0 atom stereocenters. The Morgan fingerprint density at radius 1 is 0.800 bits per heavy atom. The van der Waals surface area contributed by atoms with E-state index in [1.807, 2.05) is 0 Å². The van der Waals surface area contributed by atoms with E-state index in [0.717, 1.165) is 22.9 Å². The first-order valence-electron chi connectivity index (χ1n) is 12.8. The first kappa shape index (κ1) is 28.9. The minimum absolute atomic E-state index is 0.101. The molecule has 3 aromatic rings. The van der Waals surface area contributed by atoms with Gasteiger partial charge in [-0.1, -0.05) is 0 Å². The Labute approximate surface area is 234 Å². The maximum atomic E-state index is 14.0. The number of ether oxygens (including phenoxy) is 5. The lowest BCUT2D eigenvalue weighted by Crippen LogP contribution is -2.38. The van der Waals surface area contributed by atoms with Crippen LogP contribution in [0, 0.1) is 0 Å². The van der Waals surface area contributed by atoms with E-state index in [9.17, 15) is 13.2 Å². The van der Waals surface area contributed by atoms with E-state index >= 15 is 0 Å². The van der Waals surface area contributed by atoms with Crippen molar-refractivity contribution in [1.82, 2.24) is 0 Å². The van der Waals surface area contributed by atoms with Crippen molar-refractivity contribution in [3.63, 3.8) is 0 Å². The molecule has 0 aromatic heterocycles. The Bertz CT molecular complexity index is 1420. The minimum Gasteiger partial charge on any atom is -0.497 e. The highest BCUT2D eigenvalue weighted by Gasteiger charge is 2.31. The summed E-state index contributed by atoms with van der Waals surface area (Å²) in [6.45, 7) is -0.541. The molecule has 1 aliphatic rings. The molecule has 4 rings (SSSR count). The standard InChI is InChI=1S/C29H34N2O8S/c1-35-23-13-15-26(36-2)25(17-23)31(40(33,34)24-14-16-27(37-3)28(18-24)38-4)19-29(32)30-20-9-11-22(12-10-20)39-21-7-5-6-8-21/h9-18,21H,5-8,19H2,1-4H3,(H,30,32). The van der Waals surface area contributed by atoms with Gasteiger partial charge in [-0.15, -0.1) is 0 Å². The number of amides is 1. The summed E-state index contributed by atoms with van der Waals surface area (Å²) in [5.41, 5.74) is 0.636. The molecule has 0 heterocycles. The molecule has 0 bridgehead atoms. The first-order chi connectivity index (χ1) is 19.3. The predicted octanol–water partition coefficient (Wildman–Crippen LogP) is 4.88. The SMILES string of the molecule is COc1ccc(OC)c(N(CC(=O)Nc2ccc(OC3CCCC3)cc2)S(=O)(=O)c2ccc(OC)c(OC)c2)c1. The van der Waals surface area contributed by atoms with Gasteiger partial charge in [0.05, 0.1) is 45.1 Å². The van der Waals surface area contributed by atoms with Gasteiger partial charge < -0.3 is 29.0 Å². The maximum Gasteiger partial charge on any atom is 0.265 e. The van der Waals surface area contributed by atoms with Gasteiger partial charge in [0.15, 0.2) is 11.5 Å². The van der Waals surface area contributed by atoms with Crippen molar-refractivity contribution >= 4 is 27.3 Å². The lowest BCUT2D eigenvalue weighted by Gasteiger charge is -2.26. The zero-order valence-corrected chi connectivity index (χ0v) is 23.8. The van der Waals surface area contributed by atoms with Crippen molar-refractivity contribution in [3.05, 3.63) is 60.7 Å². The van der Waals surface area contributed by atoms with Crippen molar-refractivity contribution in [2.75, 3.05) is 44.6 Å². The average Bonchev–Trinajstić information content (AvgIpc) is 3.49. The molecule has 0 spiro atoms. The highest BCUT2D eigenvalue weighted by molar-refractivity contribution is 7.92. The molecule has 0 unspecified atom stereocenters. The van der Waals surface area contributed by atoms with Gasteiger partial charge in [0.25, 0.3) is 10.0 Å². The van der Waals surface area contributed by atoms with E-state index in [2.05, 4.69) is 5.32 Å². The van der Waals surface area contributed by atoms with Crippen LogP contribution in [0.25, 0.3) is 0 Å². The van der Waals surface area contributed by atoms with Crippen molar-refractivity contribution in [2.45, 2.75) is 36.7 Å². The zero-order chi connectivity index (χ0) is 28.7. The van der Waals surface area contributed by atoms with Crippen molar-refractivity contribution in [3.8, 4) is 28.7 Å². The molecule has 40 heavy (non-hydrogen) atoms. The van der Waals surface area contributed by atoms with E-state index in [-0.39, 0.29) is 28.2 Å². The van der Waals surface area contributed by atoms with Gasteiger partial charge in [-0.2, -0.15) is 0 Å². The molecule has 10 nitrogen and oxygen atoms in total. The number of carbonyl (C=O) groups is 1. The largest absolute Gasteiger partial charge is 0.497 e. The van der Waals surface area contributed by atoms with Gasteiger partial charge in [0.1, 0.15) is 23.8 Å². The smallest absolute Gasteiger partial charge is 0.265 e. The fourth-order valence-corrected chi connectivity index (χ4v) is 5.98. The van der Waals surface area contributed by atoms with Gasteiger partial charge in [-0.3, -0.25) is 9.10 Å². The normalized spacial score (nSPS) is 13.4. The van der Waals surface area contributed by atoms with E-state index < -0.39 is 22.5 Å². The Hall–Kier alpha value is -4.12. The monoisotopic (exact) mass is 570 g/mol. The van der Waals surface area contributed by atoms with Crippen molar-refractivity contribution in [2.24, 2.45) is 0 Å². The second-order valence-corrected chi connectivity index (χ2v) is 11.0. The van der Waals surface area contributed by atoms with Crippen LogP contribution in [0.1, 0.15) is 25.7 Å². The van der Waals surface area contributed by atoms with E-state index in [1.165, 1.54) is 65.5 Å². The van der Waals surface area contributed by atoms with Gasteiger partial charge in [0.2, 0.25) is 5.91 Å². The molecule has 0 saturated heterocycles. The Kier molecular flexibility index (Phi) is 9.26. The summed E-state index contributed by atoms with van der Waals surface area (Å²) in [6, 6.07) is 16.0. The highest BCUT2D eigenvalue weighted by Crippen LogP contribution is 2.37. The summed E-state index contributed by atoms with van der Waals surface area (Å²) < 4.78 is 56.3. The molecule has 3 aromatic carbocycles. The summed E-state index contributed by atoms with van der Waals surface area (Å²) >= 11 is 0. The van der Waals surface area contributed by atoms with E-state index in [1.54, 1.807) is 36.4 Å². The van der Waals surface area contributed by atoms with Gasteiger partial charge >= 0.3 is 0 Å². The third kappa shape index (κ3) is 6.53. The van der Waals surface area contributed by atoms with Gasteiger partial charge in [-0.05, 0) is 74.2 Å². The lowest BCUT2D eigenvalue weighted by molar-refractivity contribution is -0.114. The lowest BCUT2D eigenvalue weighted by atomic mass is 10.2. The molecular weight excluding hydrogens is 536 g/mol. The summed E-state index contributed by atoms with van der Waals surface area (Å²) in [7, 11) is 1.45. The number of rotatable bonds is 12. The fourth-order valence-electron chi connectivity index (χ4n) is 4.54. The summed E-state index contributed by atoms with van der Waals surface area (Å²) in [6.07, 6.45) is 4.63. The van der Waals surface area contributed by atoms with Gasteiger partial charge in [-0.25, -0.2) is 8.42 Å². The number of sulfonamides is 1. The molecular formula is C29H34N2O8S. The van der Waals surface area contributed by atoms with Crippen LogP contribution in [-0.4, -0.2) is 55.4 Å². The zero-order valence-electron chi connectivity index (χ0n) is 23.0. The summed E-state index contributed by atoms with van der Waals surface area (Å²) in [5.74, 6) is 1.39. The van der Waals surface area contributed by atoms with Crippen LogP contribution >= 0.6 is 0 Å². The number of benzene rings is 3. The minimum atomic E-state index is -4.30. The Balaban J connectivity index is 1.64. The topological polar surface area (TPSA) is 113 Å². The quantitative estimate of drug-likeness (QED) is 0.328. The number of methoxy groups -OCH3 is 4. The molecule has 0 radical (unpaired) electrons. The molecule has 11 heteroatoms. The van der Waals surface area contributed by atoms with E-state index in [0.29, 0.717) is 17.2 Å². The molecule has 1 N–H and O–H groups in total. The third-order valence-electron chi connectivity index (χ3n) is 6.63. The first-order valence-corrected chi connectivity index (χ1v) is 14.3. The second kappa shape index (κ2) is 12.8. The number of nitrogens with zero attached hydrogens (tertiary/aromatic N) is 1. The maximum absolute atomic E-state index is 14.0. The Morgan fingerprint density at radius 3 is 2.05 bits per heavy atom. The molecule has 1 fully saturated rings. The van der Waals surface area contributed by atoms with Crippen LogP contribution in [0.15, 0.2) is 65.6 Å². The number of hydrogen-bond acceptors (Lipinski definition) is 8. The van der Waals surface area contributed by atoms with Crippen LogP contribution in [-0.2, 0) is 14.8 Å². The molecule has 0 aliphatic heterocycles. The van der Waals surface area contributed by atoms with Crippen LogP contribution in [0.5, 0.6) is 28.7 Å². The van der Waals surface area contributed by atoms with E-state index in [4.69, 9.17) is 23.7 Å². The van der Waals surface area contributed by atoms with Crippen LogP contribution in [0.4, 0.5) is 11.4 Å². The molecule has 214 valence electrons. The van der Waals surface area contributed by atoms with Crippen LogP contribution < -0.4 is 33.3 Å². The highest BCUT2D eigenvalue weighted by atomic mass is 32.2. The second-order valence-electron chi connectivity index (χ2n) is 9.16. The molecule has 1 aliphatic carbocycles. The average molecular weight is 571 g/mol. The van der Waals surface area contributed by atoms with Gasteiger partial charge in [0, 0.05) is 17.8 Å².